The molecular formula is C27H50. The minimum atomic E-state index is 1.20. The molecule has 0 saturated heterocycles. The third-order valence-corrected chi connectivity index (χ3v) is 5.39. The molecule has 0 radical (unpaired) electrons. The van der Waals surface area contributed by atoms with Gasteiger partial charge in [0.2, 0.25) is 0 Å². The van der Waals surface area contributed by atoms with Gasteiger partial charge in [-0.2, -0.15) is 0 Å². The Kier molecular flexibility index (Phi) is 24.5. The van der Waals surface area contributed by atoms with Crippen LogP contribution in [0.5, 0.6) is 0 Å². The van der Waals surface area contributed by atoms with E-state index in [9.17, 15) is 0 Å². The molecule has 0 rings (SSSR count). The lowest BCUT2D eigenvalue weighted by atomic mass is 10.0. The van der Waals surface area contributed by atoms with Gasteiger partial charge in [0, 0.05) is 0 Å². The van der Waals surface area contributed by atoms with Crippen molar-refractivity contribution in [3.63, 3.8) is 0 Å². The van der Waals surface area contributed by atoms with Crippen molar-refractivity contribution in [2.45, 2.75) is 135 Å². The summed E-state index contributed by atoms with van der Waals surface area (Å²) >= 11 is 0. The van der Waals surface area contributed by atoms with Gasteiger partial charge in [-0.1, -0.05) is 127 Å². The van der Waals surface area contributed by atoms with E-state index in [0.717, 1.165) is 0 Å². The van der Waals surface area contributed by atoms with E-state index < -0.39 is 0 Å². The molecule has 0 atom stereocenters. The average Bonchev–Trinajstić information content (AvgIpc) is 2.68. The first-order valence-electron chi connectivity index (χ1n) is 12.3. The van der Waals surface area contributed by atoms with Gasteiger partial charge in [-0.15, -0.1) is 6.58 Å². The number of rotatable bonds is 22. The summed E-state index contributed by atoms with van der Waals surface area (Å²) in [5, 5.41) is 0. The van der Waals surface area contributed by atoms with Crippen LogP contribution in [0.4, 0.5) is 0 Å². The Morgan fingerprint density at radius 3 is 1.15 bits per heavy atom. The quantitative estimate of drug-likeness (QED) is 0.100. The van der Waals surface area contributed by atoms with Crippen LogP contribution in [0.15, 0.2) is 37.0 Å². The lowest BCUT2D eigenvalue weighted by molar-refractivity contribution is 0.538. The first-order valence-corrected chi connectivity index (χ1v) is 12.3. The molecule has 0 aromatic heterocycles. The lowest BCUT2D eigenvalue weighted by Gasteiger charge is -2.02. The van der Waals surface area contributed by atoms with Gasteiger partial charge in [0.05, 0.1) is 0 Å². The number of hydrogen-bond acceptors (Lipinski definition) is 0. The fourth-order valence-electron chi connectivity index (χ4n) is 3.53. The van der Waals surface area contributed by atoms with Crippen molar-refractivity contribution in [2.24, 2.45) is 0 Å². The minimum Gasteiger partial charge on any atom is -0.103 e. The second-order valence-electron chi connectivity index (χ2n) is 8.17. The van der Waals surface area contributed by atoms with Crippen molar-refractivity contribution in [2.75, 3.05) is 0 Å². The van der Waals surface area contributed by atoms with Crippen LogP contribution in [-0.4, -0.2) is 0 Å². The van der Waals surface area contributed by atoms with Gasteiger partial charge in [0.15, 0.2) is 0 Å². The summed E-state index contributed by atoms with van der Waals surface area (Å²) in [7, 11) is 0. The Labute approximate surface area is 172 Å². The predicted octanol–water partition coefficient (Wildman–Crippen LogP) is 10.1. The topological polar surface area (TPSA) is 0 Å². The van der Waals surface area contributed by atoms with Gasteiger partial charge in [0.1, 0.15) is 0 Å². The molecule has 158 valence electrons. The Morgan fingerprint density at radius 2 is 0.778 bits per heavy atom. The fourth-order valence-corrected chi connectivity index (χ4v) is 3.53. The summed E-state index contributed by atoms with van der Waals surface area (Å²) < 4.78 is 0. The zero-order valence-electron chi connectivity index (χ0n) is 18.7. The van der Waals surface area contributed by atoms with E-state index in [1.807, 2.05) is 6.08 Å². The third-order valence-electron chi connectivity index (χ3n) is 5.39. The Hall–Kier alpha value is -0.780. The molecular weight excluding hydrogens is 324 g/mol. The third kappa shape index (κ3) is 25.2. The first kappa shape index (κ1) is 26.2. The Morgan fingerprint density at radius 1 is 0.444 bits per heavy atom. The Balaban J connectivity index is 3.11. The van der Waals surface area contributed by atoms with E-state index in [2.05, 4.69) is 37.8 Å². The van der Waals surface area contributed by atoms with Crippen LogP contribution in [-0.2, 0) is 0 Å². The molecule has 0 spiro atoms. The van der Waals surface area contributed by atoms with E-state index in [-0.39, 0.29) is 0 Å². The van der Waals surface area contributed by atoms with Crippen LogP contribution in [0.1, 0.15) is 135 Å². The molecule has 0 aromatic carbocycles. The normalized spacial score (nSPS) is 11.7. The molecule has 0 fully saturated rings. The van der Waals surface area contributed by atoms with E-state index in [1.54, 1.807) is 0 Å². The molecule has 0 bridgehead atoms. The van der Waals surface area contributed by atoms with E-state index in [0.29, 0.717) is 0 Å². The smallest absolute Gasteiger partial charge is 0.0348 e. The van der Waals surface area contributed by atoms with Gasteiger partial charge in [0.25, 0.3) is 0 Å². The van der Waals surface area contributed by atoms with Crippen molar-refractivity contribution in [1.82, 2.24) is 0 Å². The first-order chi connectivity index (χ1) is 13.4. The van der Waals surface area contributed by atoms with Crippen molar-refractivity contribution in [1.29, 1.82) is 0 Å². The van der Waals surface area contributed by atoms with Crippen molar-refractivity contribution in [3.05, 3.63) is 37.0 Å². The summed E-state index contributed by atoms with van der Waals surface area (Å²) in [6, 6.07) is 0. The molecule has 0 aliphatic heterocycles. The van der Waals surface area contributed by atoms with E-state index >= 15 is 0 Å². The van der Waals surface area contributed by atoms with Crippen molar-refractivity contribution >= 4 is 0 Å². The number of unbranched alkanes of at least 4 members (excludes halogenated alkanes) is 18. The summed E-state index contributed by atoms with van der Waals surface area (Å²) in [5.41, 5.74) is 0. The monoisotopic (exact) mass is 374 g/mol. The van der Waals surface area contributed by atoms with Gasteiger partial charge in [-0.25, -0.2) is 0 Å². The van der Waals surface area contributed by atoms with Crippen molar-refractivity contribution < 1.29 is 0 Å². The standard InChI is InChI=1S/C27H50/c1-3-5-7-9-11-13-15-17-19-21-23-25-27-26-24-22-20-18-16-14-12-10-8-6-4-2/h3,14,16,18,20H,1,4-13,15,17,19,21-27H2,2H3. The summed E-state index contributed by atoms with van der Waals surface area (Å²) in [5.74, 6) is 0. The van der Waals surface area contributed by atoms with Gasteiger partial charge in [-0.05, 0) is 38.5 Å². The number of allylic oxidation sites excluding steroid dienone is 5. The fraction of sp³-hybridized carbons (Fsp3) is 0.778. The van der Waals surface area contributed by atoms with Gasteiger partial charge < -0.3 is 0 Å². The molecule has 0 aliphatic carbocycles. The Bertz CT molecular complexity index is 323. The second kappa shape index (κ2) is 25.2. The van der Waals surface area contributed by atoms with Crippen LogP contribution in [0.3, 0.4) is 0 Å². The minimum absolute atomic E-state index is 1.20. The molecule has 0 heteroatoms. The summed E-state index contributed by atoms with van der Waals surface area (Å²) in [6.45, 7) is 6.05. The predicted molar refractivity (Wildman–Crippen MR) is 126 cm³/mol. The highest BCUT2D eigenvalue weighted by Crippen LogP contribution is 2.13. The second-order valence-corrected chi connectivity index (χ2v) is 8.17. The van der Waals surface area contributed by atoms with Crippen LogP contribution < -0.4 is 0 Å². The van der Waals surface area contributed by atoms with E-state index in [1.165, 1.54) is 128 Å². The molecule has 0 aliphatic rings. The van der Waals surface area contributed by atoms with Crippen LogP contribution >= 0.6 is 0 Å². The molecule has 0 aromatic rings. The molecule has 0 N–H and O–H groups in total. The summed E-state index contributed by atoms with van der Waals surface area (Å²) in [6.07, 6.45) is 38.9. The maximum absolute atomic E-state index is 3.78. The van der Waals surface area contributed by atoms with Crippen LogP contribution in [0.25, 0.3) is 0 Å². The number of hydrogen-bond donors (Lipinski definition) is 0. The maximum Gasteiger partial charge on any atom is -0.0348 e. The van der Waals surface area contributed by atoms with Crippen LogP contribution in [0, 0.1) is 0 Å². The van der Waals surface area contributed by atoms with Crippen LogP contribution in [0.2, 0.25) is 0 Å². The average molecular weight is 375 g/mol. The zero-order valence-corrected chi connectivity index (χ0v) is 18.7. The zero-order chi connectivity index (χ0) is 19.7. The highest BCUT2D eigenvalue weighted by molar-refractivity contribution is 5.02. The van der Waals surface area contributed by atoms with Gasteiger partial charge in [-0.3, -0.25) is 0 Å². The lowest BCUT2D eigenvalue weighted by Crippen LogP contribution is -1.83. The van der Waals surface area contributed by atoms with E-state index in [4.69, 9.17) is 0 Å². The highest BCUT2D eigenvalue weighted by Gasteiger charge is 1.93. The molecule has 27 heavy (non-hydrogen) atoms. The SMILES string of the molecule is C=CCCCCCCCCCCCCCCCC=CC=CCCCCCC. The molecule has 0 saturated carbocycles. The van der Waals surface area contributed by atoms with Gasteiger partial charge >= 0.3 is 0 Å². The van der Waals surface area contributed by atoms with Crippen molar-refractivity contribution in [3.8, 4) is 0 Å². The highest BCUT2D eigenvalue weighted by atomic mass is 14.0. The molecule has 0 heterocycles. The molecule has 0 unspecified atom stereocenters. The largest absolute Gasteiger partial charge is 0.103 e. The maximum atomic E-state index is 3.78. The molecule has 0 nitrogen and oxygen atoms in total. The molecule has 0 amide bonds. The summed E-state index contributed by atoms with van der Waals surface area (Å²) in [4.78, 5) is 0.